The summed E-state index contributed by atoms with van der Waals surface area (Å²) in [6, 6.07) is -4.38. The van der Waals surface area contributed by atoms with Gasteiger partial charge in [-0.05, 0) is 36.7 Å². The van der Waals surface area contributed by atoms with E-state index in [1.807, 2.05) is 13.2 Å². The van der Waals surface area contributed by atoms with Crippen molar-refractivity contribution < 1.29 is 29.1 Å². The van der Waals surface area contributed by atoms with Gasteiger partial charge in [0.1, 0.15) is 18.1 Å². The largest absolute Gasteiger partial charge is 0.480 e. The second-order valence-electron chi connectivity index (χ2n) is 8.52. The predicted molar refractivity (Wildman–Crippen MR) is 127 cm³/mol. The molecule has 0 rings (SSSR count). The number of hydrogen-bond donors (Lipinski definition) is 6. The molecular weight excluding hydrogens is 450 g/mol. The lowest BCUT2D eigenvalue weighted by molar-refractivity contribution is -0.143. The van der Waals surface area contributed by atoms with E-state index in [9.17, 15) is 29.1 Å². The summed E-state index contributed by atoms with van der Waals surface area (Å²) in [4.78, 5) is 61.2. The fourth-order valence-electron chi connectivity index (χ4n) is 2.98. The van der Waals surface area contributed by atoms with Crippen LogP contribution in [0.5, 0.6) is 0 Å². The van der Waals surface area contributed by atoms with Gasteiger partial charge < -0.3 is 32.5 Å². The summed E-state index contributed by atoms with van der Waals surface area (Å²) < 4.78 is 0. The fraction of sp³-hybridized carbons (Fsp3) is 0.762. The van der Waals surface area contributed by atoms with Gasteiger partial charge in [0.05, 0.1) is 12.5 Å². The molecule has 0 saturated heterocycles. The second-order valence-corrected chi connectivity index (χ2v) is 9.51. The lowest BCUT2D eigenvalue weighted by Gasteiger charge is -2.27. The Bertz CT molecular complexity index is 690. The summed E-state index contributed by atoms with van der Waals surface area (Å²) in [5.41, 5.74) is 11.1. The van der Waals surface area contributed by atoms with E-state index in [1.165, 1.54) is 0 Å². The highest BCUT2D eigenvalue weighted by Gasteiger charge is 2.33. The zero-order valence-corrected chi connectivity index (χ0v) is 20.9. The Morgan fingerprint density at radius 1 is 0.939 bits per heavy atom. The number of rotatable bonds is 16. The molecule has 0 fully saturated rings. The lowest BCUT2D eigenvalue weighted by Crippen LogP contribution is -2.59. The number of hydrogen-bond acceptors (Lipinski definition) is 7. The Balaban J connectivity index is 5.53. The molecule has 11 nitrogen and oxygen atoms in total. The van der Waals surface area contributed by atoms with Crippen molar-refractivity contribution >= 4 is 41.4 Å². The third-order valence-corrected chi connectivity index (χ3v) is 5.77. The van der Waals surface area contributed by atoms with E-state index in [0.29, 0.717) is 18.6 Å². The smallest absolute Gasteiger partial charge is 0.326 e. The first-order valence-corrected chi connectivity index (χ1v) is 12.4. The molecule has 0 saturated carbocycles. The van der Waals surface area contributed by atoms with Crippen LogP contribution >= 0.6 is 11.8 Å². The molecule has 0 aromatic carbocycles. The maximum Gasteiger partial charge on any atom is 0.326 e. The van der Waals surface area contributed by atoms with Crippen LogP contribution in [0.25, 0.3) is 0 Å². The first-order chi connectivity index (χ1) is 15.3. The number of carboxylic acids is 1. The van der Waals surface area contributed by atoms with Crippen molar-refractivity contribution in [3.05, 3.63) is 0 Å². The van der Waals surface area contributed by atoms with E-state index in [1.54, 1.807) is 32.5 Å². The third-order valence-electron chi connectivity index (χ3n) is 5.12. The van der Waals surface area contributed by atoms with Crippen molar-refractivity contribution in [2.45, 2.75) is 77.5 Å². The molecule has 0 bridgehead atoms. The van der Waals surface area contributed by atoms with Crippen molar-refractivity contribution in [2.24, 2.45) is 23.3 Å². The Morgan fingerprint density at radius 3 is 1.97 bits per heavy atom. The molecule has 0 radical (unpaired) electrons. The molecular formula is C21H39N5O6S. The van der Waals surface area contributed by atoms with Crippen LogP contribution in [0.1, 0.15) is 53.4 Å². The highest BCUT2D eigenvalue weighted by atomic mass is 32.2. The summed E-state index contributed by atoms with van der Waals surface area (Å²) in [7, 11) is 0. The summed E-state index contributed by atoms with van der Waals surface area (Å²) in [5.74, 6) is -3.75. The van der Waals surface area contributed by atoms with Gasteiger partial charge in [-0.1, -0.05) is 34.1 Å². The lowest BCUT2D eigenvalue weighted by atomic mass is 9.97. The van der Waals surface area contributed by atoms with Crippen molar-refractivity contribution in [1.82, 2.24) is 16.0 Å². The van der Waals surface area contributed by atoms with E-state index >= 15 is 0 Å². The molecule has 0 aliphatic rings. The normalized spacial score (nSPS) is 15.6. The van der Waals surface area contributed by atoms with Gasteiger partial charge in [0.25, 0.3) is 0 Å². The molecule has 0 aliphatic carbocycles. The minimum absolute atomic E-state index is 0.0177. The third kappa shape index (κ3) is 11.9. The minimum Gasteiger partial charge on any atom is -0.480 e. The highest BCUT2D eigenvalue weighted by Crippen LogP contribution is 2.11. The second kappa shape index (κ2) is 15.5. The molecule has 0 aromatic rings. The van der Waals surface area contributed by atoms with Crippen LogP contribution in [-0.2, 0) is 24.0 Å². The molecule has 5 unspecified atom stereocenters. The molecule has 0 aromatic heterocycles. The fourth-order valence-corrected chi connectivity index (χ4v) is 3.46. The number of nitrogens with two attached hydrogens (primary N) is 2. The molecule has 190 valence electrons. The summed E-state index contributed by atoms with van der Waals surface area (Å²) in [5, 5.41) is 16.8. The van der Waals surface area contributed by atoms with Gasteiger partial charge >= 0.3 is 5.97 Å². The van der Waals surface area contributed by atoms with Gasteiger partial charge in [0, 0.05) is 0 Å². The maximum atomic E-state index is 13.0. The Hall–Kier alpha value is -2.34. The molecule has 12 heteroatoms. The van der Waals surface area contributed by atoms with Gasteiger partial charge in [0.15, 0.2) is 0 Å². The van der Waals surface area contributed by atoms with Crippen LogP contribution in [0.15, 0.2) is 0 Å². The highest BCUT2D eigenvalue weighted by molar-refractivity contribution is 7.98. The van der Waals surface area contributed by atoms with Gasteiger partial charge in [0.2, 0.25) is 23.6 Å². The number of nitrogens with one attached hydrogen (secondary N) is 3. The van der Waals surface area contributed by atoms with Crippen molar-refractivity contribution in [3.8, 4) is 0 Å². The predicted octanol–water partition coefficient (Wildman–Crippen LogP) is -0.427. The zero-order valence-electron chi connectivity index (χ0n) is 20.1. The van der Waals surface area contributed by atoms with Crippen LogP contribution in [0.3, 0.4) is 0 Å². The van der Waals surface area contributed by atoms with Gasteiger partial charge in [-0.2, -0.15) is 11.8 Å². The molecule has 0 aliphatic heterocycles. The topological polar surface area (TPSA) is 194 Å². The average molecular weight is 490 g/mol. The van der Waals surface area contributed by atoms with E-state index in [-0.39, 0.29) is 18.3 Å². The maximum absolute atomic E-state index is 13.0. The zero-order chi connectivity index (χ0) is 25.7. The first kappa shape index (κ1) is 30.7. The molecule has 4 amide bonds. The number of thioether (sulfide) groups is 1. The standard InChI is InChI=1S/C21H39N5O6S/c1-6-12(4)17(26-18(28)13(22)7-8-33-5)20(30)24-14(10-16(23)27)19(29)25-15(21(31)32)9-11(2)3/h11-15,17H,6-10,22H2,1-5H3,(H2,23,27)(H,24,30)(H,25,29)(H,26,28)(H,31,32). The monoisotopic (exact) mass is 489 g/mol. The SMILES string of the molecule is CCC(C)C(NC(=O)C(N)CCSC)C(=O)NC(CC(N)=O)C(=O)NC(CC(C)C)C(=O)O. The summed E-state index contributed by atoms with van der Waals surface area (Å²) in [6.07, 6.45) is 2.50. The summed E-state index contributed by atoms with van der Waals surface area (Å²) in [6.45, 7) is 7.19. The van der Waals surface area contributed by atoms with Crippen LogP contribution in [0, 0.1) is 11.8 Å². The number of carbonyl (C=O) groups is 5. The van der Waals surface area contributed by atoms with E-state index in [2.05, 4.69) is 16.0 Å². The van der Waals surface area contributed by atoms with Gasteiger partial charge in [-0.15, -0.1) is 0 Å². The summed E-state index contributed by atoms with van der Waals surface area (Å²) >= 11 is 1.54. The van der Waals surface area contributed by atoms with Crippen LogP contribution in [0.4, 0.5) is 0 Å². The van der Waals surface area contributed by atoms with Crippen LogP contribution < -0.4 is 27.4 Å². The Labute approximate surface area is 199 Å². The molecule has 0 spiro atoms. The molecule has 8 N–H and O–H groups in total. The van der Waals surface area contributed by atoms with Gasteiger partial charge in [-0.3, -0.25) is 19.2 Å². The van der Waals surface area contributed by atoms with Crippen molar-refractivity contribution in [1.29, 1.82) is 0 Å². The number of carbonyl (C=O) groups excluding carboxylic acids is 4. The quantitative estimate of drug-likeness (QED) is 0.168. The Kier molecular flexibility index (Phi) is 14.4. The first-order valence-electron chi connectivity index (χ1n) is 11.0. The van der Waals surface area contributed by atoms with Gasteiger partial charge in [-0.25, -0.2) is 4.79 Å². The van der Waals surface area contributed by atoms with Crippen LogP contribution in [-0.4, -0.2) is 70.9 Å². The van der Waals surface area contributed by atoms with Crippen LogP contribution in [0.2, 0.25) is 0 Å². The van der Waals surface area contributed by atoms with Crippen molar-refractivity contribution in [3.63, 3.8) is 0 Å². The number of primary amides is 1. The average Bonchev–Trinajstić information content (AvgIpc) is 2.72. The van der Waals surface area contributed by atoms with E-state index in [4.69, 9.17) is 11.5 Å². The van der Waals surface area contributed by atoms with E-state index < -0.39 is 60.2 Å². The van der Waals surface area contributed by atoms with Crippen molar-refractivity contribution in [2.75, 3.05) is 12.0 Å². The number of amides is 4. The Morgan fingerprint density at radius 2 is 1.52 bits per heavy atom. The molecule has 5 atom stereocenters. The molecule has 0 heterocycles. The minimum atomic E-state index is -1.39. The molecule has 33 heavy (non-hydrogen) atoms. The number of aliphatic carboxylic acids is 1. The van der Waals surface area contributed by atoms with E-state index in [0.717, 1.165) is 0 Å². The number of carboxylic acid groups (broad SMARTS) is 1.